The molecule has 2 aromatic rings. The second-order valence-electron chi connectivity index (χ2n) is 5.80. The van der Waals surface area contributed by atoms with Gasteiger partial charge in [0.25, 0.3) is 0 Å². The summed E-state index contributed by atoms with van der Waals surface area (Å²) in [5.41, 5.74) is 0.892. The van der Waals surface area contributed by atoms with Gasteiger partial charge in [-0.25, -0.2) is 0 Å². The fourth-order valence-electron chi connectivity index (χ4n) is 2.78. The van der Waals surface area contributed by atoms with Crippen LogP contribution in [0.4, 0.5) is 5.69 Å². The van der Waals surface area contributed by atoms with Crippen LogP contribution in [0.25, 0.3) is 0 Å². The van der Waals surface area contributed by atoms with E-state index in [1.54, 1.807) is 11.8 Å². The average molecular weight is 326 g/mol. The number of para-hydroxylation sites is 1. The molecule has 3 rings (SSSR count). The van der Waals surface area contributed by atoms with Gasteiger partial charge in [0.2, 0.25) is 5.91 Å². The van der Waals surface area contributed by atoms with E-state index in [-0.39, 0.29) is 5.91 Å². The number of carbonyl (C=O) groups is 1. The summed E-state index contributed by atoms with van der Waals surface area (Å²) in [6, 6.07) is 18.2. The van der Waals surface area contributed by atoms with Crippen molar-refractivity contribution in [1.82, 2.24) is 4.90 Å². The minimum atomic E-state index is 0.0769. The van der Waals surface area contributed by atoms with Crippen LogP contribution in [0.1, 0.15) is 19.3 Å². The van der Waals surface area contributed by atoms with Crippen molar-refractivity contribution in [2.45, 2.75) is 29.1 Å². The standard InChI is InChI=1S/C19H22N2OS/c22-19(15-21-13-7-2-8-14-21)20-17-11-5-6-12-18(17)23-16-9-3-1-4-10-16/h1,3-6,9-12H,2,7-8,13-15H2,(H,20,22). The zero-order chi connectivity index (χ0) is 15.9. The molecule has 0 unspecified atom stereocenters. The topological polar surface area (TPSA) is 32.3 Å². The van der Waals surface area contributed by atoms with Crippen molar-refractivity contribution in [1.29, 1.82) is 0 Å². The largest absolute Gasteiger partial charge is 0.324 e. The predicted octanol–water partition coefficient (Wildman–Crippen LogP) is 4.26. The molecule has 0 aromatic heterocycles. The maximum absolute atomic E-state index is 12.3. The molecular weight excluding hydrogens is 304 g/mol. The van der Waals surface area contributed by atoms with Gasteiger partial charge in [-0.2, -0.15) is 0 Å². The van der Waals surface area contributed by atoms with Gasteiger partial charge in [0.05, 0.1) is 12.2 Å². The molecule has 1 fully saturated rings. The summed E-state index contributed by atoms with van der Waals surface area (Å²) in [4.78, 5) is 16.8. The van der Waals surface area contributed by atoms with E-state index >= 15 is 0 Å². The van der Waals surface area contributed by atoms with Crippen LogP contribution in [-0.4, -0.2) is 30.4 Å². The number of likely N-dealkylation sites (tertiary alicyclic amines) is 1. The zero-order valence-corrected chi connectivity index (χ0v) is 14.0. The molecule has 120 valence electrons. The van der Waals surface area contributed by atoms with Crippen LogP contribution < -0.4 is 5.32 Å². The molecule has 1 heterocycles. The van der Waals surface area contributed by atoms with Crippen molar-refractivity contribution in [3.63, 3.8) is 0 Å². The highest BCUT2D eigenvalue weighted by Gasteiger charge is 2.15. The van der Waals surface area contributed by atoms with Crippen molar-refractivity contribution < 1.29 is 4.79 Å². The van der Waals surface area contributed by atoms with Gasteiger partial charge in [0, 0.05) is 9.79 Å². The first-order valence-electron chi connectivity index (χ1n) is 8.15. The van der Waals surface area contributed by atoms with Gasteiger partial charge in [0.1, 0.15) is 0 Å². The van der Waals surface area contributed by atoms with Gasteiger partial charge in [0.15, 0.2) is 0 Å². The molecule has 4 heteroatoms. The van der Waals surface area contributed by atoms with Gasteiger partial charge in [-0.1, -0.05) is 48.5 Å². The lowest BCUT2D eigenvalue weighted by atomic mass is 10.1. The molecule has 0 aliphatic carbocycles. The number of piperidine rings is 1. The zero-order valence-electron chi connectivity index (χ0n) is 13.2. The number of amides is 1. The normalized spacial score (nSPS) is 15.3. The Morgan fingerprint density at radius 3 is 2.43 bits per heavy atom. The van der Waals surface area contributed by atoms with Crippen LogP contribution in [0.15, 0.2) is 64.4 Å². The van der Waals surface area contributed by atoms with Gasteiger partial charge >= 0.3 is 0 Å². The molecule has 0 radical (unpaired) electrons. The fourth-order valence-corrected chi connectivity index (χ4v) is 3.71. The van der Waals surface area contributed by atoms with Crippen molar-refractivity contribution in [3.8, 4) is 0 Å². The summed E-state index contributed by atoms with van der Waals surface area (Å²) in [6.07, 6.45) is 3.69. The number of hydrogen-bond donors (Lipinski definition) is 1. The van der Waals surface area contributed by atoms with Crippen LogP contribution in [0, 0.1) is 0 Å². The van der Waals surface area contributed by atoms with E-state index in [0.29, 0.717) is 6.54 Å². The Hall–Kier alpha value is -1.78. The smallest absolute Gasteiger partial charge is 0.238 e. The van der Waals surface area contributed by atoms with E-state index in [0.717, 1.165) is 23.7 Å². The lowest BCUT2D eigenvalue weighted by Gasteiger charge is -2.25. The Bertz CT molecular complexity index is 639. The quantitative estimate of drug-likeness (QED) is 0.891. The number of rotatable bonds is 5. The summed E-state index contributed by atoms with van der Waals surface area (Å²) in [7, 11) is 0. The molecule has 1 saturated heterocycles. The Labute approximate surface area is 142 Å². The molecule has 1 N–H and O–H groups in total. The summed E-state index contributed by atoms with van der Waals surface area (Å²) in [5.74, 6) is 0.0769. The first kappa shape index (κ1) is 16.1. The maximum Gasteiger partial charge on any atom is 0.238 e. The van der Waals surface area contributed by atoms with Crippen molar-refractivity contribution in [2.24, 2.45) is 0 Å². The highest BCUT2D eigenvalue weighted by molar-refractivity contribution is 7.99. The molecule has 3 nitrogen and oxygen atoms in total. The van der Waals surface area contributed by atoms with Crippen LogP contribution in [-0.2, 0) is 4.79 Å². The molecule has 23 heavy (non-hydrogen) atoms. The van der Waals surface area contributed by atoms with Gasteiger partial charge in [-0.3, -0.25) is 9.69 Å². The van der Waals surface area contributed by atoms with Crippen LogP contribution >= 0.6 is 11.8 Å². The third-order valence-electron chi connectivity index (χ3n) is 3.95. The van der Waals surface area contributed by atoms with Crippen LogP contribution in [0.2, 0.25) is 0 Å². The Morgan fingerprint density at radius 1 is 0.957 bits per heavy atom. The molecule has 1 aliphatic rings. The molecule has 0 bridgehead atoms. The van der Waals surface area contributed by atoms with E-state index in [9.17, 15) is 4.79 Å². The number of hydrogen-bond acceptors (Lipinski definition) is 3. The highest BCUT2D eigenvalue weighted by Crippen LogP contribution is 2.33. The molecule has 0 atom stereocenters. The van der Waals surface area contributed by atoms with E-state index in [4.69, 9.17) is 0 Å². The number of nitrogens with zero attached hydrogens (tertiary/aromatic N) is 1. The molecule has 0 spiro atoms. The second-order valence-corrected chi connectivity index (χ2v) is 6.91. The minimum absolute atomic E-state index is 0.0769. The Kier molecular flexibility index (Phi) is 5.72. The number of anilines is 1. The molecule has 1 aliphatic heterocycles. The Balaban J connectivity index is 1.64. The van der Waals surface area contributed by atoms with Crippen molar-refractivity contribution >= 4 is 23.4 Å². The SMILES string of the molecule is O=C(CN1CCCCC1)Nc1ccccc1Sc1ccccc1. The second kappa shape index (κ2) is 8.18. The van der Waals surface area contributed by atoms with Crippen LogP contribution in [0.5, 0.6) is 0 Å². The van der Waals surface area contributed by atoms with E-state index in [1.165, 1.54) is 24.2 Å². The molecule has 2 aromatic carbocycles. The summed E-state index contributed by atoms with van der Waals surface area (Å²) < 4.78 is 0. The third kappa shape index (κ3) is 4.85. The highest BCUT2D eigenvalue weighted by atomic mass is 32.2. The minimum Gasteiger partial charge on any atom is -0.324 e. The summed E-state index contributed by atoms with van der Waals surface area (Å²) in [6.45, 7) is 2.56. The Morgan fingerprint density at radius 2 is 1.65 bits per heavy atom. The monoisotopic (exact) mass is 326 g/mol. The molecular formula is C19H22N2OS. The average Bonchev–Trinajstić information content (AvgIpc) is 2.58. The third-order valence-corrected chi connectivity index (χ3v) is 5.03. The van der Waals surface area contributed by atoms with E-state index in [1.807, 2.05) is 42.5 Å². The van der Waals surface area contributed by atoms with Crippen molar-refractivity contribution in [3.05, 3.63) is 54.6 Å². The number of carbonyl (C=O) groups excluding carboxylic acids is 1. The van der Waals surface area contributed by atoms with Gasteiger partial charge in [-0.05, 0) is 50.2 Å². The fraction of sp³-hybridized carbons (Fsp3) is 0.316. The van der Waals surface area contributed by atoms with E-state index in [2.05, 4.69) is 22.3 Å². The number of nitrogens with one attached hydrogen (secondary N) is 1. The van der Waals surface area contributed by atoms with Crippen LogP contribution in [0.3, 0.4) is 0 Å². The predicted molar refractivity (Wildman–Crippen MR) is 95.9 cm³/mol. The summed E-state index contributed by atoms with van der Waals surface area (Å²) in [5, 5.41) is 3.08. The first-order valence-corrected chi connectivity index (χ1v) is 8.97. The van der Waals surface area contributed by atoms with Crippen molar-refractivity contribution in [2.75, 3.05) is 25.0 Å². The first-order chi connectivity index (χ1) is 11.3. The lowest BCUT2D eigenvalue weighted by molar-refractivity contribution is -0.117. The maximum atomic E-state index is 12.3. The van der Waals surface area contributed by atoms with Gasteiger partial charge in [-0.15, -0.1) is 0 Å². The molecule has 1 amide bonds. The number of benzene rings is 2. The molecule has 0 saturated carbocycles. The van der Waals surface area contributed by atoms with E-state index < -0.39 is 0 Å². The summed E-state index contributed by atoms with van der Waals surface area (Å²) >= 11 is 1.67. The lowest BCUT2D eigenvalue weighted by Crippen LogP contribution is -2.36. The van der Waals surface area contributed by atoms with Gasteiger partial charge < -0.3 is 5.32 Å².